The number of thioether (sulfide) groups is 2. The van der Waals surface area contributed by atoms with Gasteiger partial charge in [0.15, 0.2) is 8.68 Å². The third-order valence-electron chi connectivity index (χ3n) is 3.62. The zero-order chi connectivity index (χ0) is 18.0. The third kappa shape index (κ3) is 4.12. The van der Waals surface area contributed by atoms with E-state index in [1.54, 1.807) is 24.8 Å². The van der Waals surface area contributed by atoms with E-state index < -0.39 is 13.1 Å². The first-order valence-corrected chi connectivity index (χ1v) is 10.2. The molecule has 0 radical (unpaired) electrons. The Hall–Kier alpha value is -1.27. The van der Waals surface area contributed by atoms with E-state index >= 15 is 0 Å². The fourth-order valence-corrected chi connectivity index (χ4v) is 5.64. The lowest BCUT2D eigenvalue weighted by Gasteiger charge is -2.27. The Morgan fingerprint density at radius 1 is 1.48 bits per heavy atom. The lowest BCUT2D eigenvalue weighted by molar-refractivity contribution is 0.0693. The van der Waals surface area contributed by atoms with Crippen LogP contribution in [-0.2, 0) is 6.42 Å². The van der Waals surface area contributed by atoms with Crippen molar-refractivity contribution in [1.29, 1.82) is 0 Å². The average Bonchev–Trinajstić information content (AvgIpc) is 3.01. The second-order valence-electron chi connectivity index (χ2n) is 5.39. The largest absolute Gasteiger partial charge is 0.537 e. The van der Waals surface area contributed by atoms with Crippen LogP contribution in [0.3, 0.4) is 0 Å². The molecule has 0 bridgehead atoms. The van der Waals surface area contributed by atoms with Crippen LogP contribution in [0.15, 0.2) is 20.8 Å². The van der Waals surface area contributed by atoms with Gasteiger partial charge in [0.05, 0.1) is 5.15 Å². The lowest BCUT2D eigenvalue weighted by Crippen LogP contribution is -2.40. The summed E-state index contributed by atoms with van der Waals surface area (Å²) in [6.45, 7) is 2.28. The molecule has 1 aromatic carbocycles. The summed E-state index contributed by atoms with van der Waals surface area (Å²) < 4.78 is 7.12. The average molecular weight is 397 g/mol. The Morgan fingerprint density at radius 2 is 2.24 bits per heavy atom. The van der Waals surface area contributed by atoms with E-state index in [1.807, 2.05) is 6.07 Å². The molecule has 7 nitrogen and oxygen atoms in total. The molecule has 0 saturated heterocycles. The highest BCUT2D eigenvalue weighted by molar-refractivity contribution is 8.04. The molecule has 0 amide bonds. The first kappa shape index (κ1) is 18.5. The minimum atomic E-state index is -1.11. The van der Waals surface area contributed by atoms with E-state index in [2.05, 4.69) is 10.2 Å². The van der Waals surface area contributed by atoms with Crippen LogP contribution >= 0.6 is 34.9 Å². The summed E-state index contributed by atoms with van der Waals surface area (Å²) in [4.78, 5) is 11.5. The van der Waals surface area contributed by atoms with Gasteiger partial charge in [-0.3, -0.25) is 0 Å². The standard InChI is InChI=1S/C14H16BN3O4S3/c1-7-2-3-8-6-9(15(21)22-11(8)10(7)12(19)20)24-14-18-17-13(25-14)23-5-4-16/h2-3,9,21H,4-6,16H2,1H3,(H,19,20)/t9-/m0/s1. The molecule has 1 aliphatic rings. The van der Waals surface area contributed by atoms with Gasteiger partial charge in [-0.1, -0.05) is 47.0 Å². The number of aryl methyl sites for hydroxylation is 1. The third-order valence-corrected chi connectivity index (χ3v) is 7.03. The molecule has 2 heterocycles. The highest BCUT2D eigenvalue weighted by Gasteiger charge is 2.38. The summed E-state index contributed by atoms with van der Waals surface area (Å²) in [6, 6.07) is 3.61. The van der Waals surface area contributed by atoms with Crippen LogP contribution in [0, 0.1) is 6.92 Å². The molecule has 4 N–H and O–H groups in total. The molecule has 11 heteroatoms. The van der Waals surface area contributed by atoms with Gasteiger partial charge in [0.2, 0.25) is 0 Å². The lowest BCUT2D eigenvalue weighted by atomic mass is 9.77. The molecule has 25 heavy (non-hydrogen) atoms. The maximum absolute atomic E-state index is 11.5. The SMILES string of the molecule is Cc1ccc2c(c1C(=O)O)OB(O)[C@@H](Sc1nnc(SCCN)s1)C2. The molecule has 0 unspecified atom stereocenters. The second kappa shape index (κ2) is 7.96. The molecule has 132 valence electrons. The van der Waals surface area contributed by atoms with Crippen LogP contribution in [0.25, 0.3) is 0 Å². The summed E-state index contributed by atoms with van der Waals surface area (Å²) in [6.07, 6.45) is 0.493. The summed E-state index contributed by atoms with van der Waals surface area (Å²) in [7, 11) is -1.11. The van der Waals surface area contributed by atoms with Crippen molar-refractivity contribution in [2.75, 3.05) is 12.3 Å². The maximum Gasteiger partial charge on any atom is 0.537 e. The van der Waals surface area contributed by atoms with Crippen LogP contribution < -0.4 is 10.4 Å². The Morgan fingerprint density at radius 3 is 2.96 bits per heavy atom. The van der Waals surface area contributed by atoms with Gasteiger partial charge in [0, 0.05) is 12.3 Å². The predicted molar refractivity (Wildman–Crippen MR) is 99.8 cm³/mol. The highest BCUT2D eigenvalue weighted by Crippen LogP contribution is 2.39. The van der Waals surface area contributed by atoms with E-state index in [0.29, 0.717) is 18.5 Å². The molecule has 0 fully saturated rings. The van der Waals surface area contributed by atoms with Gasteiger partial charge >= 0.3 is 13.1 Å². The van der Waals surface area contributed by atoms with Gasteiger partial charge in [0.25, 0.3) is 0 Å². The van der Waals surface area contributed by atoms with Crippen molar-refractivity contribution in [3.63, 3.8) is 0 Å². The minimum absolute atomic E-state index is 0.108. The maximum atomic E-state index is 11.5. The molecule has 1 aromatic heterocycles. The molecule has 2 aromatic rings. The van der Waals surface area contributed by atoms with Crippen molar-refractivity contribution in [1.82, 2.24) is 10.2 Å². The van der Waals surface area contributed by atoms with Crippen LogP contribution in [0.4, 0.5) is 0 Å². The van der Waals surface area contributed by atoms with E-state index in [-0.39, 0.29) is 16.5 Å². The summed E-state index contributed by atoms with van der Waals surface area (Å²) in [5.74, 6) is -0.0225. The molecule has 3 rings (SSSR count). The fourth-order valence-electron chi connectivity index (χ4n) is 2.48. The number of rotatable bonds is 6. The number of nitrogens with two attached hydrogens (primary N) is 1. The van der Waals surface area contributed by atoms with Crippen molar-refractivity contribution in [2.24, 2.45) is 5.73 Å². The molecule has 0 aliphatic carbocycles. The Balaban J connectivity index is 1.77. The van der Waals surface area contributed by atoms with Crippen LogP contribution in [-0.4, -0.2) is 50.9 Å². The number of hydrogen-bond donors (Lipinski definition) is 3. The monoisotopic (exact) mass is 397 g/mol. The van der Waals surface area contributed by atoms with Crippen molar-refractivity contribution in [3.8, 4) is 5.75 Å². The molecular weight excluding hydrogens is 381 g/mol. The van der Waals surface area contributed by atoms with Gasteiger partial charge < -0.3 is 20.5 Å². The second-order valence-corrected chi connectivity index (χ2v) is 9.20. The predicted octanol–water partition coefficient (Wildman–Crippen LogP) is 1.71. The summed E-state index contributed by atoms with van der Waals surface area (Å²) in [5.41, 5.74) is 6.96. The van der Waals surface area contributed by atoms with E-state index in [4.69, 9.17) is 10.4 Å². The van der Waals surface area contributed by atoms with Gasteiger partial charge in [-0.25, -0.2) is 4.79 Å². The summed E-state index contributed by atoms with van der Waals surface area (Å²) >= 11 is 4.38. The molecule has 1 aliphatic heterocycles. The molecule has 0 spiro atoms. The fraction of sp³-hybridized carbons (Fsp3) is 0.357. The van der Waals surface area contributed by atoms with Crippen LogP contribution in [0.2, 0.25) is 0 Å². The van der Waals surface area contributed by atoms with Crippen molar-refractivity contribution in [3.05, 3.63) is 28.8 Å². The topological polar surface area (TPSA) is 119 Å². The minimum Gasteiger partial charge on any atom is -0.535 e. The number of aromatic nitrogens is 2. The van der Waals surface area contributed by atoms with E-state index in [9.17, 15) is 14.9 Å². The Kier molecular flexibility index (Phi) is 5.90. The number of nitrogens with zero attached hydrogens (tertiary/aromatic N) is 2. The number of carbonyl (C=O) groups is 1. The van der Waals surface area contributed by atoms with Crippen molar-refractivity contribution in [2.45, 2.75) is 27.2 Å². The number of carboxylic acid groups (broad SMARTS) is 1. The number of hydrogen-bond acceptors (Lipinski definition) is 9. The van der Waals surface area contributed by atoms with Gasteiger partial charge in [0.1, 0.15) is 11.3 Å². The number of benzene rings is 1. The molecule has 0 saturated carbocycles. The summed E-state index contributed by atoms with van der Waals surface area (Å²) in [5, 5.41) is 27.6. The Bertz CT molecular complexity index is 789. The van der Waals surface area contributed by atoms with Crippen LogP contribution in [0.1, 0.15) is 21.5 Å². The van der Waals surface area contributed by atoms with Crippen molar-refractivity contribution >= 4 is 47.9 Å². The Labute approximate surface area is 157 Å². The van der Waals surface area contributed by atoms with Gasteiger partial charge in [-0.05, 0) is 24.5 Å². The number of aromatic carboxylic acids is 1. The number of carboxylic acids is 1. The van der Waals surface area contributed by atoms with Gasteiger partial charge in [-0.2, -0.15) is 0 Å². The smallest absolute Gasteiger partial charge is 0.535 e. The van der Waals surface area contributed by atoms with Gasteiger partial charge in [-0.15, -0.1) is 10.2 Å². The molecule has 1 atom stereocenters. The van der Waals surface area contributed by atoms with Crippen LogP contribution in [0.5, 0.6) is 5.75 Å². The first-order chi connectivity index (χ1) is 12.0. The highest BCUT2D eigenvalue weighted by atomic mass is 32.2. The zero-order valence-electron chi connectivity index (χ0n) is 13.3. The molecular formula is C14H16BN3O4S3. The van der Waals surface area contributed by atoms with E-state index in [0.717, 1.165) is 20.0 Å². The van der Waals surface area contributed by atoms with Crippen molar-refractivity contribution < 1.29 is 19.6 Å². The quantitative estimate of drug-likeness (QED) is 0.494. The van der Waals surface area contributed by atoms with E-state index in [1.165, 1.54) is 23.1 Å². The zero-order valence-corrected chi connectivity index (χ0v) is 15.8. The number of fused-ring (bicyclic) bond motifs is 1. The first-order valence-electron chi connectivity index (χ1n) is 7.53. The normalized spacial score (nSPS) is 16.4.